The summed E-state index contributed by atoms with van der Waals surface area (Å²) >= 11 is 0. The molecule has 424 valence electrons. The summed E-state index contributed by atoms with van der Waals surface area (Å²) in [5.74, 6) is -3.83. The maximum atomic E-state index is 13.6. The van der Waals surface area contributed by atoms with E-state index < -0.39 is 115 Å². The van der Waals surface area contributed by atoms with Crippen molar-refractivity contribution in [2.24, 2.45) is 0 Å². The average Bonchev–Trinajstić information content (AvgIpc) is 3.91. The van der Waals surface area contributed by atoms with Crippen molar-refractivity contribution in [3.8, 4) is 0 Å². The van der Waals surface area contributed by atoms with Crippen LogP contribution in [0.15, 0.2) is 128 Å². The maximum Gasteiger partial charge on any atom is 1.00 e. The molecule has 2 aliphatic rings. The Morgan fingerprint density at radius 2 is 1.07 bits per heavy atom. The number of nitrogens with zero attached hydrogens (tertiary/aromatic N) is 2. The zero-order valence-corrected chi connectivity index (χ0v) is 64.7. The van der Waals surface area contributed by atoms with Crippen LogP contribution in [-0.4, -0.2) is 125 Å². The van der Waals surface area contributed by atoms with Crippen LogP contribution in [0, 0.1) is 0 Å². The van der Waals surface area contributed by atoms with Crippen molar-refractivity contribution in [1.82, 2.24) is 0 Å². The zero-order valence-electron chi connectivity index (χ0n) is 47.8. The zero-order chi connectivity index (χ0) is 58.8. The number of carboxylic acid groups (broad SMARTS) is 1. The van der Waals surface area contributed by atoms with Gasteiger partial charge < -0.3 is 47.4 Å². The first kappa shape index (κ1) is 82.7. The van der Waals surface area contributed by atoms with Gasteiger partial charge in [-0.25, -0.2) is 50.5 Å². The van der Waals surface area contributed by atoms with Crippen molar-refractivity contribution in [2.75, 3.05) is 34.8 Å². The van der Waals surface area contributed by atoms with E-state index in [1.54, 1.807) is 27.7 Å². The molecule has 24 nitrogen and oxygen atoms in total. The molecule has 2 heterocycles. The Morgan fingerprint density at radius 1 is 0.588 bits per heavy atom. The third kappa shape index (κ3) is 19.6. The minimum atomic E-state index is -5.55. The van der Waals surface area contributed by atoms with Gasteiger partial charge >= 0.3 is 177 Å². The van der Waals surface area contributed by atoms with E-state index in [1.165, 1.54) is 82.3 Å². The summed E-state index contributed by atoms with van der Waals surface area (Å²) < 4.78 is 223. The van der Waals surface area contributed by atoms with Crippen LogP contribution in [0.3, 0.4) is 0 Å². The maximum absolute atomic E-state index is 13.6. The van der Waals surface area contributed by atoms with Gasteiger partial charge in [-0.1, -0.05) is 44.2 Å². The van der Waals surface area contributed by atoms with Gasteiger partial charge in [-0.05, 0) is 109 Å². The van der Waals surface area contributed by atoms with Crippen LogP contribution in [-0.2, 0) is 76.3 Å². The molecule has 0 spiro atoms. The molecule has 0 bridgehead atoms. The standard InChI is InChI=1S/C49H51N3O21S6.6Na/c1-48(2)40(51(21-5-23-74(56,57)58)36-16-12-31-25-34(76(62,63)64)27-38(78(68,69)70)43(31)45(36)48)18-7-29(9-20-42(53)50-33-14-10-30(11-15-33)47(54)55)8-19-41-49(3,4)46-37(52(41)22-6-24-75(59,60)61)17-13-32-26-35(77(65,66)67)28-39(44(32)46)79(71,72)73;;;;;;/h7-8,10-19,25-28H,5-6,9,20-24H2,1-4H3,(H7-,50,53,54,55,56,57,58,59,60,61,62,63,64,65,66,67,68,69,70,71,72,73);;;;;;/q;6*+1/p-6. The molecule has 0 aromatic heterocycles. The fraction of sp³-hybridized carbons (Fsp3) is 0.286. The van der Waals surface area contributed by atoms with Crippen LogP contribution in [0.4, 0.5) is 17.1 Å². The first-order valence-electron chi connectivity index (χ1n) is 23.3. The van der Waals surface area contributed by atoms with Crippen LogP contribution < -0.4 is 193 Å². The number of hydrogen-bond acceptors (Lipinski definition) is 22. The quantitative estimate of drug-likeness (QED) is 0.0327. The fourth-order valence-corrected chi connectivity index (χ4v) is 13.7. The van der Waals surface area contributed by atoms with Gasteiger partial charge in [0.15, 0.2) is 5.71 Å². The molecule has 0 atom stereocenters. The van der Waals surface area contributed by atoms with E-state index >= 15 is 0 Å². The predicted octanol–water partition coefficient (Wildman–Crippen LogP) is -15.2. The SMILES string of the molecule is CC1(C)C(/C=C/C(=C/C=C2/N(CCCS(=O)(=O)[O-])c3ccc4cc(S(=O)(=O)[O-])cc(S(=O)(=O)[O-])c4c3C2(C)C)CCC(=O)Nc2ccc(C(=O)[O-])cc2)=[N+](CCCS(=O)(=O)[O-])c2ccc3cc(S(=O)(=O)[O-])cc(S(=O)(=O)[O-])c3c21.[Na+].[Na+].[Na+].[Na+].[Na+].[Na+]. The molecule has 7 rings (SSSR count). The molecule has 0 saturated heterocycles. The normalized spacial score (nSPS) is 15.4. The molecule has 0 unspecified atom stereocenters. The first-order chi connectivity index (χ1) is 36.2. The van der Waals surface area contributed by atoms with Gasteiger partial charge in [0, 0.05) is 81.9 Å². The van der Waals surface area contributed by atoms with E-state index in [0.29, 0.717) is 12.1 Å². The molecule has 85 heavy (non-hydrogen) atoms. The largest absolute Gasteiger partial charge is 1.00 e. The third-order valence-corrected chi connectivity index (χ3v) is 18.3. The molecule has 0 aliphatic carbocycles. The van der Waals surface area contributed by atoms with Crippen molar-refractivity contribution in [2.45, 2.75) is 83.8 Å². The Balaban J connectivity index is 0.00000602. The summed E-state index contributed by atoms with van der Waals surface area (Å²) in [5, 5.41) is 13.1. The van der Waals surface area contributed by atoms with Crippen LogP contribution in [0.1, 0.15) is 74.9 Å². The number of carbonyl (C=O) groups is 2. The number of carbonyl (C=O) groups excluding carboxylic acids is 2. The number of nitrogens with one attached hydrogen (secondary N) is 1. The molecule has 5 aromatic carbocycles. The summed E-state index contributed by atoms with van der Waals surface area (Å²) in [6.45, 7) is 5.83. The number of anilines is 2. The number of rotatable bonds is 20. The average molecular weight is 1340 g/mol. The van der Waals surface area contributed by atoms with E-state index in [0.717, 1.165) is 12.1 Å². The van der Waals surface area contributed by atoms with E-state index in [2.05, 4.69) is 5.32 Å². The smallest absolute Gasteiger partial charge is 0.748 e. The Bertz CT molecular complexity index is 4290. The third-order valence-electron chi connectivity index (χ3n) is 13.4. The monoisotopic (exact) mass is 1340 g/mol. The molecule has 0 radical (unpaired) electrons. The fourth-order valence-electron chi connectivity index (χ4n) is 10.0. The van der Waals surface area contributed by atoms with Gasteiger partial charge in [-0.15, -0.1) is 0 Å². The van der Waals surface area contributed by atoms with Gasteiger partial charge in [0.25, 0.3) is 0 Å². The van der Waals surface area contributed by atoms with Crippen LogP contribution >= 0.6 is 0 Å². The van der Waals surface area contributed by atoms with Gasteiger partial charge in [-0.3, -0.25) is 4.79 Å². The van der Waals surface area contributed by atoms with Crippen molar-refractivity contribution in [3.05, 3.63) is 125 Å². The number of carboxylic acids is 1. The van der Waals surface area contributed by atoms with Crippen molar-refractivity contribution in [3.63, 3.8) is 0 Å². The molecule has 1 N–H and O–H groups in total. The van der Waals surface area contributed by atoms with Crippen molar-refractivity contribution >= 4 is 117 Å². The number of hydrogen-bond donors (Lipinski definition) is 1. The second-order valence-electron chi connectivity index (χ2n) is 19.5. The second kappa shape index (κ2) is 31.1. The summed E-state index contributed by atoms with van der Waals surface area (Å²) in [6.07, 6.45) is 4.85. The minimum Gasteiger partial charge on any atom is -0.748 e. The number of amides is 1. The summed E-state index contributed by atoms with van der Waals surface area (Å²) in [7, 11) is -31.4. The molecule has 5 aromatic rings. The Morgan fingerprint density at radius 3 is 1.54 bits per heavy atom. The summed E-state index contributed by atoms with van der Waals surface area (Å²) in [4.78, 5) is 22.3. The minimum absolute atomic E-state index is 0. The Kier molecular flexibility index (Phi) is 30.3. The predicted molar refractivity (Wildman–Crippen MR) is 275 cm³/mol. The first-order valence-corrected chi connectivity index (χ1v) is 32.1. The van der Waals surface area contributed by atoms with Crippen LogP contribution in [0.2, 0.25) is 0 Å². The number of benzene rings is 5. The van der Waals surface area contributed by atoms with Gasteiger partial charge in [0.2, 0.25) is 11.6 Å². The Labute approximate surface area is 625 Å². The van der Waals surface area contributed by atoms with E-state index in [1.807, 2.05) is 0 Å². The summed E-state index contributed by atoms with van der Waals surface area (Å²) in [5.41, 5.74) is -1.53. The molecular weight excluding hydrogens is 1300 g/mol. The summed E-state index contributed by atoms with van der Waals surface area (Å²) in [6, 6.07) is 12.9. The van der Waals surface area contributed by atoms with Crippen LogP contribution in [0.5, 0.6) is 0 Å². The van der Waals surface area contributed by atoms with E-state index in [4.69, 9.17) is 0 Å². The van der Waals surface area contributed by atoms with Crippen molar-refractivity contribution in [1.29, 1.82) is 0 Å². The second-order valence-corrected chi connectivity index (χ2v) is 28.0. The van der Waals surface area contributed by atoms with E-state index in [-0.39, 0.29) is 288 Å². The van der Waals surface area contributed by atoms with Crippen LogP contribution in [0.25, 0.3) is 21.5 Å². The number of aromatic carboxylic acids is 1. The Hall–Kier alpha value is -0.290. The van der Waals surface area contributed by atoms with Gasteiger partial charge in [-0.2, -0.15) is 4.58 Å². The number of fused-ring (bicyclic) bond motifs is 6. The molecule has 1 amide bonds. The molecule has 0 fully saturated rings. The van der Waals surface area contributed by atoms with Gasteiger partial charge in [0.05, 0.1) is 51.2 Å². The van der Waals surface area contributed by atoms with E-state index in [9.17, 15) is 92.5 Å². The number of allylic oxidation sites excluding steroid dienone is 6. The van der Waals surface area contributed by atoms with Crippen molar-refractivity contribution < 1.29 is 274 Å². The topological polar surface area (TPSA) is 419 Å². The molecule has 36 heteroatoms. The van der Waals surface area contributed by atoms with Gasteiger partial charge in [0.1, 0.15) is 47.0 Å². The molecule has 2 aliphatic heterocycles. The molecule has 0 saturated carbocycles. The molecular formula is C49H45N3Na6O21S6.